The van der Waals surface area contributed by atoms with E-state index in [0.29, 0.717) is 6.04 Å². The van der Waals surface area contributed by atoms with Gasteiger partial charge in [0.15, 0.2) is 0 Å². The summed E-state index contributed by atoms with van der Waals surface area (Å²) < 4.78 is 0. The molecule has 0 radical (unpaired) electrons. The zero-order valence-corrected chi connectivity index (χ0v) is 14.0. The minimum Gasteiger partial charge on any atom is -0.377 e. The lowest BCUT2D eigenvalue weighted by Gasteiger charge is -2.32. The summed E-state index contributed by atoms with van der Waals surface area (Å²) in [6, 6.07) is 19.5. The van der Waals surface area contributed by atoms with Gasteiger partial charge in [0.05, 0.1) is 6.04 Å². The third-order valence-corrected chi connectivity index (χ3v) is 4.26. The number of nitrogens with zero attached hydrogens (tertiary/aromatic N) is 1. The Kier molecular flexibility index (Phi) is 5.40. The maximum absolute atomic E-state index is 4.26. The van der Waals surface area contributed by atoms with Crippen molar-refractivity contribution >= 4 is 5.70 Å². The lowest BCUT2D eigenvalue weighted by molar-refractivity contribution is 0.260. The molecule has 0 aliphatic carbocycles. The van der Waals surface area contributed by atoms with E-state index >= 15 is 0 Å². The molecule has 0 saturated heterocycles. The number of aryl methyl sites for hydroxylation is 1. The topological polar surface area (TPSA) is 15.3 Å². The second-order valence-corrected chi connectivity index (χ2v) is 6.03. The number of benzene rings is 2. The number of nitrogens with one attached hydrogen (secondary N) is 1. The van der Waals surface area contributed by atoms with Crippen LogP contribution in [0.15, 0.2) is 61.2 Å². The van der Waals surface area contributed by atoms with Crippen molar-refractivity contribution in [2.24, 2.45) is 0 Å². The van der Waals surface area contributed by atoms with Crippen molar-refractivity contribution in [1.29, 1.82) is 0 Å². The molecule has 0 heterocycles. The van der Waals surface area contributed by atoms with Crippen molar-refractivity contribution in [2.75, 3.05) is 14.1 Å². The Morgan fingerprint density at radius 2 is 1.59 bits per heavy atom. The highest BCUT2D eigenvalue weighted by Gasteiger charge is 2.21. The maximum atomic E-state index is 4.26. The summed E-state index contributed by atoms with van der Waals surface area (Å²) in [7, 11) is 4.22. The minimum absolute atomic E-state index is 0.198. The first-order valence-corrected chi connectivity index (χ1v) is 7.73. The first-order valence-electron chi connectivity index (χ1n) is 7.73. The van der Waals surface area contributed by atoms with Crippen LogP contribution in [0.25, 0.3) is 5.70 Å². The van der Waals surface area contributed by atoms with Gasteiger partial charge in [0.25, 0.3) is 0 Å². The third-order valence-electron chi connectivity index (χ3n) is 4.26. The second kappa shape index (κ2) is 7.28. The predicted octanol–water partition coefficient (Wildman–Crippen LogP) is 4.25. The smallest absolute Gasteiger partial charge is 0.0666 e. The second-order valence-electron chi connectivity index (χ2n) is 6.03. The van der Waals surface area contributed by atoms with Crippen molar-refractivity contribution in [2.45, 2.75) is 25.9 Å². The van der Waals surface area contributed by atoms with Crippen LogP contribution in [0.2, 0.25) is 0 Å². The number of likely N-dealkylation sites (N-methyl/N-ethyl adjacent to an activating group) is 1. The molecule has 2 atom stereocenters. The SMILES string of the molecule is C=C(NC(c1ccccc1)C(C)N(C)C)c1ccccc1C. The number of rotatable bonds is 6. The molecule has 2 unspecified atom stereocenters. The molecule has 2 rings (SSSR count). The van der Waals surface area contributed by atoms with Gasteiger partial charge in [-0.3, -0.25) is 0 Å². The summed E-state index contributed by atoms with van der Waals surface area (Å²) in [5, 5.41) is 3.64. The van der Waals surface area contributed by atoms with Gasteiger partial charge in [-0.25, -0.2) is 0 Å². The largest absolute Gasteiger partial charge is 0.377 e. The summed E-state index contributed by atoms with van der Waals surface area (Å²) in [6.07, 6.45) is 0. The van der Waals surface area contributed by atoms with E-state index < -0.39 is 0 Å². The molecule has 0 saturated carbocycles. The van der Waals surface area contributed by atoms with Crippen molar-refractivity contribution in [3.63, 3.8) is 0 Å². The van der Waals surface area contributed by atoms with Crippen LogP contribution in [0, 0.1) is 6.92 Å². The van der Waals surface area contributed by atoms with Gasteiger partial charge in [-0.1, -0.05) is 61.2 Å². The zero-order chi connectivity index (χ0) is 16.1. The molecule has 2 aromatic rings. The first kappa shape index (κ1) is 16.3. The molecule has 2 heteroatoms. The molecular weight excluding hydrogens is 268 g/mol. The van der Waals surface area contributed by atoms with Crippen LogP contribution >= 0.6 is 0 Å². The van der Waals surface area contributed by atoms with Crippen LogP contribution < -0.4 is 5.32 Å². The van der Waals surface area contributed by atoms with E-state index in [-0.39, 0.29) is 6.04 Å². The van der Waals surface area contributed by atoms with Gasteiger partial charge in [-0.15, -0.1) is 0 Å². The molecule has 0 amide bonds. The monoisotopic (exact) mass is 294 g/mol. The highest BCUT2D eigenvalue weighted by atomic mass is 15.1. The van der Waals surface area contributed by atoms with E-state index in [1.807, 2.05) is 0 Å². The van der Waals surface area contributed by atoms with Crippen LogP contribution in [0.4, 0.5) is 0 Å². The molecule has 0 aliphatic rings. The zero-order valence-electron chi connectivity index (χ0n) is 14.0. The quantitative estimate of drug-likeness (QED) is 0.857. The summed E-state index contributed by atoms with van der Waals surface area (Å²) in [5.74, 6) is 0. The Morgan fingerprint density at radius 1 is 1.00 bits per heavy atom. The molecule has 22 heavy (non-hydrogen) atoms. The van der Waals surface area contributed by atoms with Gasteiger partial charge >= 0.3 is 0 Å². The van der Waals surface area contributed by atoms with E-state index in [1.54, 1.807) is 0 Å². The molecule has 0 bridgehead atoms. The Labute approximate surface area is 134 Å². The summed E-state index contributed by atoms with van der Waals surface area (Å²) in [5.41, 5.74) is 4.66. The van der Waals surface area contributed by atoms with E-state index in [4.69, 9.17) is 0 Å². The molecule has 0 aromatic heterocycles. The fourth-order valence-corrected chi connectivity index (χ4v) is 2.62. The van der Waals surface area contributed by atoms with Crippen LogP contribution in [0.1, 0.15) is 29.7 Å². The predicted molar refractivity (Wildman–Crippen MR) is 95.7 cm³/mol. The van der Waals surface area contributed by atoms with Gasteiger partial charge in [0.1, 0.15) is 0 Å². The van der Waals surface area contributed by atoms with Crippen LogP contribution in [0.5, 0.6) is 0 Å². The van der Waals surface area contributed by atoms with Crippen molar-refractivity contribution in [3.8, 4) is 0 Å². The van der Waals surface area contributed by atoms with Crippen LogP contribution in [0.3, 0.4) is 0 Å². The van der Waals surface area contributed by atoms with Crippen molar-refractivity contribution in [3.05, 3.63) is 77.9 Å². The van der Waals surface area contributed by atoms with Crippen LogP contribution in [-0.2, 0) is 0 Å². The molecule has 2 aromatic carbocycles. The normalized spacial score (nSPS) is 13.7. The Bertz CT molecular complexity index is 617. The van der Waals surface area contributed by atoms with Crippen molar-refractivity contribution in [1.82, 2.24) is 10.2 Å². The molecule has 0 spiro atoms. The maximum Gasteiger partial charge on any atom is 0.0666 e. The highest BCUT2D eigenvalue weighted by Crippen LogP contribution is 2.24. The molecule has 116 valence electrons. The highest BCUT2D eigenvalue weighted by molar-refractivity contribution is 5.65. The number of hydrogen-bond acceptors (Lipinski definition) is 2. The molecule has 1 N–H and O–H groups in total. The Hall–Kier alpha value is -2.06. The minimum atomic E-state index is 0.198. The average molecular weight is 294 g/mol. The van der Waals surface area contributed by atoms with Gasteiger partial charge < -0.3 is 10.2 Å². The lowest BCUT2D eigenvalue weighted by atomic mass is 9.98. The van der Waals surface area contributed by atoms with Gasteiger partial charge in [0, 0.05) is 11.7 Å². The molecular formula is C20H26N2. The lowest BCUT2D eigenvalue weighted by Crippen LogP contribution is -2.38. The van der Waals surface area contributed by atoms with Gasteiger partial charge in [0.2, 0.25) is 0 Å². The van der Waals surface area contributed by atoms with Crippen molar-refractivity contribution < 1.29 is 0 Å². The fraction of sp³-hybridized carbons (Fsp3) is 0.300. The summed E-state index contributed by atoms with van der Waals surface area (Å²) >= 11 is 0. The molecule has 0 aliphatic heterocycles. The van der Waals surface area contributed by atoms with Crippen LogP contribution in [-0.4, -0.2) is 25.0 Å². The average Bonchev–Trinajstić information content (AvgIpc) is 2.53. The van der Waals surface area contributed by atoms with Gasteiger partial charge in [-0.05, 0) is 44.6 Å². The van der Waals surface area contributed by atoms with E-state index in [2.05, 4.69) is 99.3 Å². The molecule has 0 fully saturated rings. The van der Waals surface area contributed by atoms with E-state index in [0.717, 1.165) is 5.70 Å². The standard InChI is InChI=1S/C20H26N2/c1-15-11-9-10-14-19(15)16(2)21-20(17(3)22(4)5)18-12-7-6-8-13-18/h6-14,17,20-21H,2H2,1,3-5H3. The molecule has 2 nitrogen and oxygen atoms in total. The van der Waals surface area contributed by atoms with Gasteiger partial charge in [-0.2, -0.15) is 0 Å². The van der Waals surface area contributed by atoms with E-state index in [9.17, 15) is 0 Å². The Balaban J connectivity index is 2.27. The third kappa shape index (κ3) is 3.77. The Morgan fingerprint density at radius 3 is 2.18 bits per heavy atom. The van der Waals surface area contributed by atoms with E-state index in [1.165, 1.54) is 16.7 Å². The number of hydrogen-bond donors (Lipinski definition) is 1. The first-order chi connectivity index (χ1) is 10.5. The summed E-state index contributed by atoms with van der Waals surface area (Å²) in [4.78, 5) is 2.23. The fourth-order valence-electron chi connectivity index (χ4n) is 2.62. The summed E-state index contributed by atoms with van der Waals surface area (Å²) in [6.45, 7) is 8.62.